The van der Waals surface area contributed by atoms with Crippen LogP contribution >= 0.6 is 0 Å². The highest BCUT2D eigenvalue weighted by atomic mass is 16.5. The van der Waals surface area contributed by atoms with Gasteiger partial charge < -0.3 is 38.5 Å². The fraction of sp³-hybridized carbons (Fsp3) is 0.320. The molecule has 4 rings (SSSR count). The Balaban J connectivity index is 1.76. The molecular weight excluding hydrogens is 438 g/mol. The number of amides is 2. The van der Waals surface area contributed by atoms with Crippen molar-refractivity contribution in [2.45, 2.75) is 12.6 Å². The third-order valence-corrected chi connectivity index (χ3v) is 5.95. The Morgan fingerprint density at radius 1 is 0.824 bits per heavy atom. The van der Waals surface area contributed by atoms with E-state index in [0.717, 1.165) is 11.3 Å². The molecule has 1 aliphatic rings. The average molecular weight is 468 g/mol. The van der Waals surface area contributed by atoms with E-state index in [0.29, 0.717) is 47.5 Å². The molecule has 9 heteroatoms. The van der Waals surface area contributed by atoms with Crippen LogP contribution in [-0.2, 0) is 6.54 Å². The van der Waals surface area contributed by atoms with Crippen LogP contribution in [-0.4, -0.2) is 57.6 Å². The number of fused-ring (bicyclic) bond motifs is 1. The Morgan fingerprint density at radius 3 is 2.12 bits per heavy atom. The number of urea groups is 1. The van der Waals surface area contributed by atoms with Crippen LogP contribution in [0.4, 0.5) is 10.5 Å². The van der Waals surface area contributed by atoms with E-state index in [4.69, 9.17) is 23.7 Å². The molecule has 0 spiro atoms. The zero-order valence-corrected chi connectivity index (χ0v) is 20.0. The van der Waals surface area contributed by atoms with Gasteiger partial charge in [-0.25, -0.2) is 4.79 Å². The Morgan fingerprint density at radius 2 is 1.50 bits per heavy atom. The van der Waals surface area contributed by atoms with E-state index in [-0.39, 0.29) is 12.1 Å². The number of hydrogen-bond acceptors (Lipinski definition) is 6. The van der Waals surface area contributed by atoms with Gasteiger partial charge in [0.2, 0.25) is 5.75 Å². The summed E-state index contributed by atoms with van der Waals surface area (Å²) in [5.74, 6) is 2.54. The summed E-state index contributed by atoms with van der Waals surface area (Å²) in [7, 11) is 7.81. The summed E-state index contributed by atoms with van der Waals surface area (Å²) in [5.41, 5.74) is 2.34. The molecule has 0 unspecified atom stereocenters. The van der Waals surface area contributed by atoms with Crippen LogP contribution in [0.3, 0.4) is 0 Å². The predicted molar refractivity (Wildman–Crippen MR) is 128 cm³/mol. The van der Waals surface area contributed by atoms with E-state index in [1.807, 2.05) is 30.5 Å². The second-order valence-electron chi connectivity index (χ2n) is 7.65. The van der Waals surface area contributed by atoms with Gasteiger partial charge in [0.1, 0.15) is 0 Å². The van der Waals surface area contributed by atoms with Gasteiger partial charge in [-0.3, -0.25) is 0 Å². The van der Waals surface area contributed by atoms with E-state index in [9.17, 15) is 4.79 Å². The van der Waals surface area contributed by atoms with Crippen LogP contribution in [0.5, 0.6) is 28.7 Å². The maximum atomic E-state index is 13.6. The quantitative estimate of drug-likeness (QED) is 0.562. The van der Waals surface area contributed by atoms with Crippen molar-refractivity contribution >= 4 is 11.7 Å². The van der Waals surface area contributed by atoms with Crippen molar-refractivity contribution < 1.29 is 28.5 Å². The number of methoxy groups -OCH3 is 5. The molecule has 0 radical (unpaired) electrons. The number of carbonyl (C=O) groups excluding carboxylic acids is 1. The number of nitrogens with zero attached hydrogens (tertiary/aromatic N) is 2. The van der Waals surface area contributed by atoms with Crippen LogP contribution in [0.1, 0.15) is 17.3 Å². The summed E-state index contributed by atoms with van der Waals surface area (Å²) in [6.07, 6.45) is 2.01. The molecule has 0 saturated carbocycles. The Hall–Kier alpha value is -4.01. The Labute approximate surface area is 198 Å². The molecule has 180 valence electrons. The summed E-state index contributed by atoms with van der Waals surface area (Å²) in [6.45, 7) is 1.17. The van der Waals surface area contributed by atoms with Crippen molar-refractivity contribution in [2.75, 3.05) is 47.4 Å². The first kappa shape index (κ1) is 23.2. The number of nitrogens with one attached hydrogen (secondary N) is 1. The maximum absolute atomic E-state index is 13.6. The summed E-state index contributed by atoms with van der Waals surface area (Å²) in [6, 6.07) is 12.5. The van der Waals surface area contributed by atoms with Crippen LogP contribution in [0.25, 0.3) is 0 Å². The summed E-state index contributed by atoms with van der Waals surface area (Å²) >= 11 is 0. The lowest BCUT2D eigenvalue weighted by atomic mass is 9.99. The first-order valence-corrected chi connectivity index (χ1v) is 10.8. The smallest absolute Gasteiger partial charge is 0.322 e. The zero-order chi connectivity index (χ0) is 24.2. The normalized spacial score (nSPS) is 14.7. The van der Waals surface area contributed by atoms with Crippen molar-refractivity contribution in [3.05, 3.63) is 59.9 Å². The molecule has 1 aliphatic heterocycles. The lowest BCUT2D eigenvalue weighted by molar-refractivity contribution is 0.181. The van der Waals surface area contributed by atoms with Gasteiger partial charge >= 0.3 is 6.03 Å². The molecule has 2 heterocycles. The van der Waals surface area contributed by atoms with E-state index in [2.05, 4.69) is 9.88 Å². The molecule has 1 aromatic heterocycles. The number of ether oxygens (including phenoxy) is 5. The van der Waals surface area contributed by atoms with E-state index in [1.54, 1.807) is 58.6 Å². The summed E-state index contributed by atoms with van der Waals surface area (Å²) in [4.78, 5) is 15.4. The van der Waals surface area contributed by atoms with Gasteiger partial charge in [-0.05, 0) is 42.0 Å². The molecule has 2 amide bonds. The fourth-order valence-electron chi connectivity index (χ4n) is 4.38. The summed E-state index contributed by atoms with van der Waals surface area (Å²) in [5, 5.41) is 2.99. The van der Waals surface area contributed by atoms with Crippen molar-refractivity contribution in [1.82, 2.24) is 9.47 Å². The third kappa shape index (κ3) is 4.05. The SMILES string of the molecule is COc1cccc(NC(=O)N2CCn3cccc3[C@@H]2c2cc(OC)c(OC)c(OC)c2)c1OC. The second-order valence-corrected chi connectivity index (χ2v) is 7.65. The molecule has 34 heavy (non-hydrogen) atoms. The zero-order valence-electron chi connectivity index (χ0n) is 20.0. The average Bonchev–Trinajstić information content (AvgIpc) is 3.35. The van der Waals surface area contributed by atoms with Crippen LogP contribution in [0.2, 0.25) is 0 Å². The van der Waals surface area contributed by atoms with Gasteiger partial charge in [-0.2, -0.15) is 0 Å². The molecule has 1 N–H and O–H groups in total. The number of anilines is 1. The minimum Gasteiger partial charge on any atom is -0.493 e. The highest BCUT2D eigenvalue weighted by Crippen LogP contribution is 2.43. The molecule has 1 atom stereocenters. The van der Waals surface area contributed by atoms with Gasteiger partial charge in [0.15, 0.2) is 23.0 Å². The molecule has 3 aromatic rings. The Bertz CT molecular complexity index is 1150. The van der Waals surface area contributed by atoms with E-state index < -0.39 is 0 Å². The Kier molecular flexibility index (Phi) is 6.72. The number of rotatable bonds is 7. The van der Waals surface area contributed by atoms with Gasteiger partial charge in [0.25, 0.3) is 0 Å². The van der Waals surface area contributed by atoms with E-state index in [1.165, 1.54) is 0 Å². The molecule has 0 bridgehead atoms. The number of para-hydroxylation sites is 1. The number of carbonyl (C=O) groups is 1. The van der Waals surface area contributed by atoms with Gasteiger partial charge in [0, 0.05) is 25.0 Å². The minimum absolute atomic E-state index is 0.266. The van der Waals surface area contributed by atoms with Crippen LogP contribution in [0, 0.1) is 0 Å². The summed E-state index contributed by atoms with van der Waals surface area (Å²) < 4.78 is 29.6. The predicted octanol–water partition coefficient (Wildman–Crippen LogP) is 4.17. The molecule has 2 aromatic carbocycles. The van der Waals surface area contributed by atoms with Crippen molar-refractivity contribution in [1.29, 1.82) is 0 Å². The first-order chi connectivity index (χ1) is 16.6. The van der Waals surface area contributed by atoms with Crippen molar-refractivity contribution in [2.24, 2.45) is 0 Å². The molecule has 0 aliphatic carbocycles. The number of aromatic nitrogens is 1. The fourth-order valence-corrected chi connectivity index (χ4v) is 4.38. The highest BCUT2D eigenvalue weighted by molar-refractivity contribution is 5.92. The molecule has 0 fully saturated rings. The van der Waals surface area contributed by atoms with E-state index >= 15 is 0 Å². The highest BCUT2D eigenvalue weighted by Gasteiger charge is 2.34. The number of benzene rings is 2. The van der Waals surface area contributed by atoms with Gasteiger partial charge in [-0.1, -0.05) is 6.07 Å². The van der Waals surface area contributed by atoms with Crippen LogP contribution < -0.4 is 29.0 Å². The largest absolute Gasteiger partial charge is 0.493 e. The number of hydrogen-bond donors (Lipinski definition) is 1. The van der Waals surface area contributed by atoms with Gasteiger partial charge in [-0.15, -0.1) is 0 Å². The van der Waals surface area contributed by atoms with Gasteiger partial charge in [0.05, 0.1) is 47.3 Å². The van der Waals surface area contributed by atoms with Crippen molar-refractivity contribution in [3.63, 3.8) is 0 Å². The third-order valence-electron chi connectivity index (χ3n) is 5.95. The lowest BCUT2D eigenvalue weighted by Gasteiger charge is -2.37. The van der Waals surface area contributed by atoms with Crippen molar-refractivity contribution in [3.8, 4) is 28.7 Å². The monoisotopic (exact) mass is 467 g/mol. The topological polar surface area (TPSA) is 83.4 Å². The first-order valence-electron chi connectivity index (χ1n) is 10.8. The lowest BCUT2D eigenvalue weighted by Crippen LogP contribution is -2.44. The molecular formula is C25H29N3O6. The minimum atomic E-state index is -0.381. The standard InChI is InChI=1S/C25H29N3O6/c1-30-19-10-6-8-17(23(19)33-4)26-25(29)28-13-12-27-11-7-9-18(27)22(28)16-14-20(31-2)24(34-5)21(15-16)32-3/h6-11,14-15,22H,12-13H2,1-5H3,(H,26,29)/t22-/m0/s1. The second kappa shape index (κ2) is 9.86. The van der Waals surface area contributed by atoms with Crippen LogP contribution in [0.15, 0.2) is 48.7 Å². The molecule has 0 saturated heterocycles. The maximum Gasteiger partial charge on any atom is 0.322 e. The molecule has 9 nitrogen and oxygen atoms in total.